The zero-order valence-electron chi connectivity index (χ0n) is 17.5. The first-order chi connectivity index (χ1) is 14.1. The van der Waals surface area contributed by atoms with E-state index in [0.717, 1.165) is 24.8 Å². The molecular weight excluding hydrogens is 358 g/mol. The summed E-state index contributed by atoms with van der Waals surface area (Å²) in [5, 5.41) is 4.01. The molecule has 1 aromatic carbocycles. The van der Waals surface area contributed by atoms with E-state index < -0.39 is 0 Å². The second-order valence-electron chi connectivity index (χ2n) is 9.47. The molecule has 3 heterocycles. The van der Waals surface area contributed by atoms with E-state index in [-0.39, 0.29) is 17.4 Å². The number of likely N-dealkylation sites (tertiary alicyclic amines) is 1. The molecule has 1 N–H and O–H groups in total. The molecule has 3 fully saturated rings. The Morgan fingerprint density at radius 2 is 1.97 bits per heavy atom. The van der Waals surface area contributed by atoms with Gasteiger partial charge in [-0.25, -0.2) is 0 Å². The number of aromatic nitrogens is 1. The lowest BCUT2D eigenvalue weighted by Crippen LogP contribution is -2.57. The van der Waals surface area contributed by atoms with Crippen molar-refractivity contribution in [1.29, 1.82) is 0 Å². The fourth-order valence-corrected chi connectivity index (χ4v) is 6.26. The summed E-state index contributed by atoms with van der Waals surface area (Å²) in [4.78, 5) is 20.5. The first kappa shape index (κ1) is 18.8. The van der Waals surface area contributed by atoms with Crippen LogP contribution in [0, 0.1) is 12.3 Å². The lowest BCUT2D eigenvalue weighted by molar-refractivity contribution is 0.0605. The molecule has 0 unspecified atom stereocenters. The van der Waals surface area contributed by atoms with Crippen LogP contribution in [-0.2, 0) is 6.42 Å². The number of piperidine rings is 1. The van der Waals surface area contributed by atoms with Crippen LogP contribution in [0.15, 0.2) is 48.7 Å². The Labute approximate surface area is 173 Å². The summed E-state index contributed by atoms with van der Waals surface area (Å²) in [6.07, 6.45) is 8.60. The van der Waals surface area contributed by atoms with E-state index in [4.69, 9.17) is 0 Å². The predicted molar refractivity (Wildman–Crippen MR) is 115 cm³/mol. The predicted octanol–water partition coefficient (Wildman–Crippen LogP) is 4.14. The highest BCUT2D eigenvalue weighted by Gasteiger charge is 2.60. The topological polar surface area (TPSA) is 45.2 Å². The van der Waals surface area contributed by atoms with Gasteiger partial charge in [-0.05, 0) is 49.8 Å². The molecule has 1 saturated carbocycles. The van der Waals surface area contributed by atoms with Gasteiger partial charge in [0.15, 0.2) is 0 Å². The summed E-state index contributed by atoms with van der Waals surface area (Å²) >= 11 is 0. The van der Waals surface area contributed by atoms with Crippen molar-refractivity contribution in [2.24, 2.45) is 5.41 Å². The van der Waals surface area contributed by atoms with Crippen LogP contribution in [0.4, 0.5) is 0 Å². The summed E-state index contributed by atoms with van der Waals surface area (Å²) in [5.74, 6) is 0.129. The molecule has 5 atom stereocenters. The van der Waals surface area contributed by atoms with Gasteiger partial charge in [-0.1, -0.05) is 56.2 Å². The molecule has 1 amide bonds. The highest BCUT2D eigenvalue weighted by Crippen LogP contribution is 2.52. The maximum Gasteiger partial charge on any atom is 0.273 e. The quantitative estimate of drug-likeness (QED) is 0.858. The van der Waals surface area contributed by atoms with E-state index in [2.05, 4.69) is 52.5 Å². The lowest BCUT2D eigenvalue weighted by Gasteiger charge is -2.43. The average Bonchev–Trinajstić information content (AvgIpc) is 2.88. The smallest absolute Gasteiger partial charge is 0.273 e. The van der Waals surface area contributed by atoms with Crippen LogP contribution in [0.1, 0.15) is 60.6 Å². The Morgan fingerprint density at radius 3 is 2.76 bits per heavy atom. The average molecular weight is 390 g/mol. The third kappa shape index (κ3) is 3.09. The fraction of sp³-hybridized carbons (Fsp3) is 0.520. The van der Waals surface area contributed by atoms with Crippen LogP contribution in [-0.4, -0.2) is 40.0 Å². The number of aryl methyl sites for hydroxylation is 1. The third-order valence-electron chi connectivity index (χ3n) is 7.74. The molecule has 3 aliphatic rings. The number of carbonyl (C=O) groups excluding carboxylic acids is 1. The molecule has 2 aromatic rings. The summed E-state index contributed by atoms with van der Waals surface area (Å²) in [7, 11) is 0. The molecule has 4 heteroatoms. The van der Waals surface area contributed by atoms with Gasteiger partial charge < -0.3 is 10.2 Å². The number of amides is 1. The van der Waals surface area contributed by atoms with E-state index in [1.165, 1.54) is 24.8 Å². The molecule has 2 saturated heterocycles. The van der Waals surface area contributed by atoms with Gasteiger partial charge in [-0.15, -0.1) is 0 Å². The highest BCUT2D eigenvalue weighted by atomic mass is 16.2. The number of nitrogens with zero attached hydrogens (tertiary/aromatic N) is 2. The minimum absolute atomic E-state index is 0.129. The Bertz CT molecular complexity index is 898. The van der Waals surface area contributed by atoms with Gasteiger partial charge in [0.1, 0.15) is 5.69 Å². The van der Waals surface area contributed by atoms with Crippen molar-refractivity contribution in [2.45, 2.75) is 76.5 Å². The molecule has 4 nitrogen and oxygen atoms in total. The Balaban J connectivity index is 1.54. The Kier molecular flexibility index (Phi) is 4.70. The molecule has 29 heavy (non-hydrogen) atoms. The molecule has 0 radical (unpaired) electrons. The number of fused-ring (bicyclic) bond motifs is 1. The molecular formula is C25H31N3O. The largest absolute Gasteiger partial charge is 0.329 e. The molecule has 2 bridgehead atoms. The maximum absolute atomic E-state index is 13.8. The summed E-state index contributed by atoms with van der Waals surface area (Å²) in [5.41, 5.74) is 3.10. The Morgan fingerprint density at radius 1 is 1.17 bits per heavy atom. The molecule has 1 aliphatic carbocycles. The summed E-state index contributed by atoms with van der Waals surface area (Å²) < 4.78 is 0. The van der Waals surface area contributed by atoms with Crippen LogP contribution in [0.25, 0.3) is 0 Å². The molecule has 152 valence electrons. The van der Waals surface area contributed by atoms with Crippen molar-refractivity contribution in [1.82, 2.24) is 15.2 Å². The summed E-state index contributed by atoms with van der Waals surface area (Å²) in [6.45, 7) is 4.42. The van der Waals surface area contributed by atoms with Gasteiger partial charge in [0.25, 0.3) is 5.91 Å². The number of pyridine rings is 1. The number of hydrogen-bond acceptors (Lipinski definition) is 3. The van der Waals surface area contributed by atoms with E-state index in [1.807, 2.05) is 19.1 Å². The van der Waals surface area contributed by atoms with Gasteiger partial charge >= 0.3 is 0 Å². The number of nitrogens with one attached hydrogen (secondary N) is 1. The minimum Gasteiger partial charge on any atom is -0.329 e. The first-order valence-corrected chi connectivity index (χ1v) is 11.1. The van der Waals surface area contributed by atoms with Gasteiger partial charge in [-0.3, -0.25) is 9.78 Å². The second kappa shape index (κ2) is 7.24. The Hall–Kier alpha value is -2.20. The van der Waals surface area contributed by atoms with Gasteiger partial charge in [0.05, 0.1) is 0 Å². The molecule has 2 aliphatic heterocycles. The monoisotopic (exact) mass is 389 g/mol. The van der Waals surface area contributed by atoms with E-state index >= 15 is 0 Å². The van der Waals surface area contributed by atoms with Crippen LogP contribution in [0.2, 0.25) is 0 Å². The van der Waals surface area contributed by atoms with Crippen molar-refractivity contribution in [3.8, 4) is 0 Å². The molecule has 5 rings (SSSR count). The fourth-order valence-electron chi connectivity index (χ4n) is 6.26. The number of hydrogen-bond donors (Lipinski definition) is 1. The SMILES string of the molecule is Cc1cccnc1C(=O)N1[C@H]2CCCC[C@H]3N[C@@H](Cc4ccccc4)[C@@H]1C[C@@]23C. The van der Waals surface area contributed by atoms with Gasteiger partial charge in [-0.2, -0.15) is 0 Å². The van der Waals surface area contributed by atoms with E-state index in [0.29, 0.717) is 23.8 Å². The lowest BCUT2D eigenvalue weighted by atomic mass is 9.70. The second-order valence-corrected chi connectivity index (χ2v) is 9.47. The zero-order chi connectivity index (χ0) is 20.0. The third-order valence-corrected chi connectivity index (χ3v) is 7.74. The zero-order valence-corrected chi connectivity index (χ0v) is 17.5. The van der Waals surface area contributed by atoms with Crippen LogP contribution in [0.3, 0.4) is 0 Å². The van der Waals surface area contributed by atoms with Crippen molar-refractivity contribution in [2.75, 3.05) is 0 Å². The molecule has 0 spiro atoms. The number of carbonyl (C=O) groups is 1. The minimum atomic E-state index is 0.129. The van der Waals surface area contributed by atoms with Crippen molar-refractivity contribution in [3.63, 3.8) is 0 Å². The van der Waals surface area contributed by atoms with E-state index in [1.54, 1.807) is 6.20 Å². The maximum atomic E-state index is 13.8. The van der Waals surface area contributed by atoms with Crippen LogP contribution in [0.5, 0.6) is 0 Å². The van der Waals surface area contributed by atoms with Crippen LogP contribution < -0.4 is 5.32 Å². The highest BCUT2D eigenvalue weighted by molar-refractivity contribution is 5.94. The standard InChI is InChI=1S/C25H31N3O/c1-17-9-8-14-26-23(17)24(29)28-20-16-25(2)21(12-6-7-13-22(25)28)27-19(20)15-18-10-4-3-5-11-18/h3-5,8-11,14,19-22,27H,6-7,12-13,15-16H2,1-2H3/t19-,20-,21+,22-,25+/m0/s1. The van der Waals surface area contributed by atoms with Crippen molar-refractivity contribution < 1.29 is 4.79 Å². The van der Waals surface area contributed by atoms with E-state index in [9.17, 15) is 4.79 Å². The van der Waals surface area contributed by atoms with Crippen LogP contribution >= 0.6 is 0 Å². The first-order valence-electron chi connectivity index (χ1n) is 11.1. The van der Waals surface area contributed by atoms with Crippen molar-refractivity contribution >= 4 is 5.91 Å². The van der Waals surface area contributed by atoms with Crippen molar-refractivity contribution in [3.05, 3.63) is 65.5 Å². The molecule has 1 aromatic heterocycles. The number of benzene rings is 1. The van der Waals surface area contributed by atoms with Gasteiger partial charge in [0.2, 0.25) is 0 Å². The van der Waals surface area contributed by atoms with Gasteiger partial charge in [0, 0.05) is 35.8 Å². The number of rotatable bonds is 3. The normalized spacial score (nSPS) is 33.4. The summed E-state index contributed by atoms with van der Waals surface area (Å²) in [6, 6.07) is 15.9.